The van der Waals surface area contributed by atoms with Gasteiger partial charge in [-0.3, -0.25) is 4.21 Å². The van der Waals surface area contributed by atoms with Crippen LogP contribution in [0.1, 0.15) is 13.8 Å². The molecule has 0 aromatic rings. The average molecular weight is 250 g/mol. The van der Waals surface area contributed by atoms with Gasteiger partial charge in [-0.1, -0.05) is 0 Å². The van der Waals surface area contributed by atoms with Crippen LogP contribution >= 0.6 is 0 Å². The van der Waals surface area contributed by atoms with Crippen molar-refractivity contribution in [3.05, 3.63) is 0 Å². The van der Waals surface area contributed by atoms with Crippen LogP contribution in [-0.4, -0.2) is 79.1 Å². The molecule has 0 aromatic heterocycles. The Kier molecular flexibility index (Phi) is 6.75. The van der Waals surface area contributed by atoms with Crippen LogP contribution in [0.3, 0.4) is 0 Å². The van der Waals surface area contributed by atoms with Crippen molar-refractivity contribution < 1.29 is 13.2 Å². The first-order valence-electron chi connectivity index (χ1n) is 6.21. The molecule has 4 heteroatoms. The Balaban J connectivity index is 3.85. The van der Waals surface area contributed by atoms with E-state index >= 15 is 0 Å². The molecule has 0 atom stereocenters. The minimum absolute atomic E-state index is 0.647. The molecule has 0 saturated carbocycles. The molecule has 0 spiro atoms. The molecule has 0 unspecified atom stereocenters. The minimum atomic E-state index is -0.647. The molecule has 0 amide bonds. The Bertz CT molecular complexity index is 205. The van der Waals surface area contributed by atoms with Gasteiger partial charge in [-0.05, 0) is 13.8 Å². The largest absolute Gasteiger partial charge is 0.328 e. The fourth-order valence-electron chi connectivity index (χ4n) is 1.12. The number of rotatable bonds is 8. The van der Waals surface area contributed by atoms with E-state index in [0.717, 1.165) is 46.7 Å². The van der Waals surface area contributed by atoms with E-state index < -0.39 is 10.8 Å². The van der Waals surface area contributed by atoms with Gasteiger partial charge in [-0.25, -0.2) is 0 Å². The Morgan fingerprint density at radius 1 is 0.812 bits per heavy atom. The van der Waals surface area contributed by atoms with Gasteiger partial charge in [0.15, 0.2) is 0 Å². The van der Waals surface area contributed by atoms with Crippen LogP contribution in [0, 0.1) is 0 Å². The summed E-state index contributed by atoms with van der Waals surface area (Å²) in [5.41, 5.74) is 0. The molecule has 0 fully saturated rings. The zero-order chi connectivity index (χ0) is 12.8. The van der Waals surface area contributed by atoms with Crippen LogP contribution in [0.15, 0.2) is 0 Å². The normalized spacial score (nSPS) is 13.4. The van der Waals surface area contributed by atoms with Crippen molar-refractivity contribution in [3.63, 3.8) is 0 Å². The molecule has 0 radical (unpaired) electrons. The zero-order valence-corrected chi connectivity index (χ0v) is 12.8. The second-order valence-corrected chi connectivity index (χ2v) is 7.50. The van der Waals surface area contributed by atoms with E-state index in [1.165, 1.54) is 0 Å². The van der Waals surface area contributed by atoms with Crippen molar-refractivity contribution in [1.29, 1.82) is 0 Å². The standard InChI is InChI=1S/C12H30N2OS/c1-7-13(3,4)9-11-16(15)12-10-14(5,6)8-2/h7-12H2,1-6H3/q+2. The molecule has 3 nitrogen and oxygen atoms in total. The van der Waals surface area contributed by atoms with Crippen LogP contribution in [0.2, 0.25) is 0 Å². The molecule has 98 valence electrons. The van der Waals surface area contributed by atoms with Gasteiger partial charge in [0.05, 0.1) is 65.9 Å². The summed E-state index contributed by atoms with van der Waals surface area (Å²) in [4.78, 5) is 0. The van der Waals surface area contributed by atoms with E-state index in [4.69, 9.17) is 0 Å². The molecule has 0 aliphatic carbocycles. The highest BCUT2D eigenvalue weighted by molar-refractivity contribution is 7.85. The molecule has 0 aliphatic heterocycles. The van der Waals surface area contributed by atoms with Gasteiger partial charge in [0.2, 0.25) is 0 Å². The summed E-state index contributed by atoms with van der Waals surface area (Å²) in [5.74, 6) is 1.68. The van der Waals surface area contributed by atoms with Gasteiger partial charge in [0, 0.05) is 10.8 Å². The lowest BCUT2D eigenvalue weighted by Crippen LogP contribution is -2.44. The average Bonchev–Trinajstić information content (AvgIpc) is 2.24. The first kappa shape index (κ1) is 16.1. The number of hydrogen-bond acceptors (Lipinski definition) is 1. The van der Waals surface area contributed by atoms with Crippen molar-refractivity contribution in [1.82, 2.24) is 0 Å². The predicted octanol–water partition coefficient (Wildman–Crippen LogP) is 0.928. The van der Waals surface area contributed by atoms with Crippen molar-refractivity contribution in [2.24, 2.45) is 0 Å². The van der Waals surface area contributed by atoms with Crippen LogP contribution in [0.4, 0.5) is 0 Å². The van der Waals surface area contributed by atoms with E-state index in [9.17, 15) is 4.21 Å². The van der Waals surface area contributed by atoms with Gasteiger partial charge >= 0.3 is 0 Å². The fourth-order valence-corrected chi connectivity index (χ4v) is 2.72. The van der Waals surface area contributed by atoms with Gasteiger partial charge in [0.25, 0.3) is 0 Å². The van der Waals surface area contributed by atoms with E-state index in [0.29, 0.717) is 0 Å². The molecule has 0 saturated heterocycles. The Labute approximate surface area is 104 Å². The van der Waals surface area contributed by atoms with Crippen LogP contribution in [0.5, 0.6) is 0 Å². The molecule has 0 bridgehead atoms. The van der Waals surface area contributed by atoms with Crippen molar-refractivity contribution in [2.45, 2.75) is 13.8 Å². The SMILES string of the molecule is CC[N+](C)(C)CCS(=O)CC[N+](C)(C)CC. The van der Waals surface area contributed by atoms with Gasteiger partial charge in [0.1, 0.15) is 0 Å². The fraction of sp³-hybridized carbons (Fsp3) is 1.00. The quantitative estimate of drug-likeness (QED) is 0.586. The first-order valence-corrected chi connectivity index (χ1v) is 7.70. The number of quaternary nitrogens is 2. The zero-order valence-electron chi connectivity index (χ0n) is 12.0. The lowest BCUT2D eigenvalue weighted by molar-refractivity contribution is -0.886. The van der Waals surface area contributed by atoms with Crippen molar-refractivity contribution in [2.75, 3.05) is 65.9 Å². The van der Waals surface area contributed by atoms with Crippen LogP contribution < -0.4 is 0 Å². The highest BCUT2D eigenvalue weighted by Crippen LogP contribution is 2.00. The Hall–Kier alpha value is 0.0700. The molecular weight excluding hydrogens is 220 g/mol. The highest BCUT2D eigenvalue weighted by Gasteiger charge is 2.17. The topological polar surface area (TPSA) is 17.1 Å². The molecule has 0 aliphatic rings. The maximum Gasteiger partial charge on any atom is 0.0899 e. The molecule has 16 heavy (non-hydrogen) atoms. The lowest BCUT2D eigenvalue weighted by Gasteiger charge is -2.29. The highest BCUT2D eigenvalue weighted by atomic mass is 32.2. The summed E-state index contributed by atoms with van der Waals surface area (Å²) in [6, 6.07) is 0. The third kappa shape index (κ3) is 7.36. The lowest BCUT2D eigenvalue weighted by atomic mass is 10.5. The monoisotopic (exact) mass is 250 g/mol. The Morgan fingerprint density at radius 2 is 1.12 bits per heavy atom. The molecule has 0 N–H and O–H groups in total. The van der Waals surface area contributed by atoms with Gasteiger partial charge < -0.3 is 8.97 Å². The third-order valence-electron chi connectivity index (χ3n) is 3.56. The molecular formula is C12H30N2OS+2. The van der Waals surface area contributed by atoms with E-state index in [1.807, 2.05) is 0 Å². The summed E-state index contributed by atoms with van der Waals surface area (Å²) in [6.45, 7) is 8.60. The van der Waals surface area contributed by atoms with Gasteiger partial charge in [-0.2, -0.15) is 0 Å². The van der Waals surface area contributed by atoms with Gasteiger partial charge in [-0.15, -0.1) is 0 Å². The van der Waals surface area contributed by atoms with Crippen molar-refractivity contribution in [3.8, 4) is 0 Å². The minimum Gasteiger partial charge on any atom is -0.328 e. The smallest absolute Gasteiger partial charge is 0.0899 e. The maximum absolute atomic E-state index is 11.9. The van der Waals surface area contributed by atoms with E-state index in [-0.39, 0.29) is 0 Å². The summed E-state index contributed by atoms with van der Waals surface area (Å²) >= 11 is 0. The summed E-state index contributed by atoms with van der Waals surface area (Å²) in [7, 11) is 8.14. The molecule has 0 heterocycles. The second-order valence-electron chi connectivity index (χ2n) is 5.80. The Morgan fingerprint density at radius 3 is 1.38 bits per heavy atom. The first-order chi connectivity index (χ1) is 7.22. The summed E-state index contributed by atoms with van der Waals surface area (Å²) in [5, 5.41) is 0. The maximum atomic E-state index is 11.9. The van der Waals surface area contributed by atoms with E-state index in [2.05, 4.69) is 42.0 Å². The number of nitrogens with zero attached hydrogens (tertiary/aromatic N) is 2. The summed E-state index contributed by atoms with van der Waals surface area (Å²) < 4.78 is 13.8. The van der Waals surface area contributed by atoms with Crippen LogP contribution in [-0.2, 0) is 10.8 Å². The third-order valence-corrected chi connectivity index (χ3v) is 4.84. The number of hydrogen-bond donors (Lipinski definition) is 0. The molecule has 0 aromatic carbocycles. The second kappa shape index (κ2) is 6.72. The predicted molar refractivity (Wildman–Crippen MR) is 72.9 cm³/mol. The van der Waals surface area contributed by atoms with Crippen LogP contribution in [0.25, 0.3) is 0 Å². The molecule has 0 rings (SSSR count). The summed E-state index contributed by atoms with van der Waals surface area (Å²) in [6.07, 6.45) is 0. The van der Waals surface area contributed by atoms with E-state index in [1.54, 1.807) is 0 Å². The van der Waals surface area contributed by atoms with Crippen molar-refractivity contribution >= 4 is 10.8 Å².